The number of benzene rings is 2. The second-order valence-electron chi connectivity index (χ2n) is 5.64. The van der Waals surface area contributed by atoms with Crippen LogP contribution >= 0.6 is 0 Å². The molecule has 2 aromatic carbocycles. The number of rotatable bonds is 5. The highest BCUT2D eigenvalue weighted by Gasteiger charge is 2.24. The van der Waals surface area contributed by atoms with E-state index in [9.17, 15) is 28.4 Å². The van der Waals surface area contributed by atoms with E-state index in [1.807, 2.05) is 0 Å². The number of sulfone groups is 1. The lowest BCUT2D eigenvalue weighted by atomic mass is 10.2. The molecule has 1 N–H and O–H groups in total. The van der Waals surface area contributed by atoms with Crippen LogP contribution in [0, 0.1) is 10.1 Å². The number of aromatic hydroxyl groups is 1. The van der Waals surface area contributed by atoms with Gasteiger partial charge in [0.15, 0.2) is 20.5 Å². The number of hydrogen-bond acceptors (Lipinski definition) is 8. The number of methoxy groups -OCH3 is 1. The molecule has 0 bridgehead atoms. The topological polar surface area (TPSA) is 137 Å². The molecule has 9 nitrogen and oxygen atoms in total. The van der Waals surface area contributed by atoms with E-state index < -0.39 is 31.0 Å². The molecule has 0 saturated heterocycles. The van der Waals surface area contributed by atoms with Gasteiger partial charge >= 0.3 is 11.3 Å². The van der Waals surface area contributed by atoms with Crippen molar-refractivity contribution in [2.45, 2.75) is 10.6 Å². The van der Waals surface area contributed by atoms with Crippen LogP contribution in [0.4, 0.5) is 5.69 Å². The van der Waals surface area contributed by atoms with E-state index in [0.29, 0.717) is 5.39 Å². The van der Waals surface area contributed by atoms with Crippen LogP contribution in [-0.4, -0.2) is 25.6 Å². The van der Waals surface area contributed by atoms with Crippen molar-refractivity contribution in [2.24, 2.45) is 0 Å². The number of phenolic OH excluding ortho intramolecular Hbond substituents is 1. The van der Waals surface area contributed by atoms with Crippen molar-refractivity contribution in [3.8, 4) is 11.5 Å². The summed E-state index contributed by atoms with van der Waals surface area (Å²) in [6.45, 7) is 0. The molecule has 0 atom stereocenters. The number of ether oxygens (including phenoxy) is 1. The SMILES string of the molecule is COc1ccc(CS(=O)(=O)c2cc3ccc(O)cc3oc2=O)cc1[N+](=O)[O-]. The summed E-state index contributed by atoms with van der Waals surface area (Å²) in [5.74, 6) is -0.774. The van der Waals surface area contributed by atoms with E-state index in [4.69, 9.17) is 9.15 Å². The number of nitro groups is 1. The number of nitrogens with zero attached hydrogens (tertiary/aromatic N) is 1. The molecule has 0 aliphatic heterocycles. The van der Waals surface area contributed by atoms with Crippen LogP contribution in [0.1, 0.15) is 5.56 Å². The summed E-state index contributed by atoms with van der Waals surface area (Å²) in [4.78, 5) is 21.9. The van der Waals surface area contributed by atoms with Gasteiger partial charge in [-0.1, -0.05) is 6.07 Å². The van der Waals surface area contributed by atoms with Gasteiger partial charge in [0.25, 0.3) is 0 Å². The molecule has 0 amide bonds. The molecular formula is C17H13NO8S. The van der Waals surface area contributed by atoms with Gasteiger partial charge in [-0.15, -0.1) is 0 Å². The maximum atomic E-state index is 12.7. The van der Waals surface area contributed by atoms with E-state index in [0.717, 1.165) is 12.1 Å². The average molecular weight is 391 g/mol. The first-order chi connectivity index (χ1) is 12.7. The normalized spacial score (nSPS) is 11.4. The summed E-state index contributed by atoms with van der Waals surface area (Å²) < 4.78 is 35.2. The molecule has 0 saturated carbocycles. The molecule has 10 heteroatoms. The van der Waals surface area contributed by atoms with Crippen LogP contribution in [0.2, 0.25) is 0 Å². The van der Waals surface area contributed by atoms with Gasteiger partial charge in [0, 0.05) is 17.5 Å². The molecule has 0 radical (unpaired) electrons. The molecule has 3 aromatic rings. The Bertz CT molecular complexity index is 1210. The second kappa shape index (κ2) is 6.72. The van der Waals surface area contributed by atoms with E-state index in [-0.39, 0.29) is 28.3 Å². The Morgan fingerprint density at radius 3 is 2.59 bits per heavy atom. The maximum Gasteiger partial charge on any atom is 0.355 e. The van der Waals surface area contributed by atoms with Crippen LogP contribution in [-0.2, 0) is 15.6 Å². The fraction of sp³-hybridized carbons (Fsp3) is 0.118. The van der Waals surface area contributed by atoms with Crippen LogP contribution in [0.5, 0.6) is 11.5 Å². The lowest BCUT2D eigenvalue weighted by molar-refractivity contribution is -0.385. The molecule has 140 valence electrons. The largest absolute Gasteiger partial charge is 0.508 e. The Kier molecular flexibility index (Phi) is 4.58. The first-order valence-electron chi connectivity index (χ1n) is 7.52. The smallest absolute Gasteiger partial charge is 0.355 e. The van der Waals surface area contributed by atoms with Crippen molar-refractivity contribution >= 4 is 26.5 Å². The molecule has 1 aromatic heterocycles. The Hall–Kier alpha value is -3.40. The minimum Gasteiger partial charge on any atom is -0.508 e. The average Bonchev–Trinajstić information content (AvgIpc) is 2.60. The zero-order chi connectivity index (χ0) is 19.8. The van der Waals surface area contributed by atoms with Crippen LogP contribution < -0.4 is 10.4 Å². The van der Waals surface area contributed by atoms with Gasteiger partial charge in [0.2, 0.25) is 0 Å². The molecule has 27 heavy (non-hydrogen) atoms. The van der Waals surface area contributed by atoms with E-state index in [1.165, 1.54) is 37.4 Å². The molecule has 0 aliphatic carbocycles. The van der Waals surface area contributed by atoms with Gasteiger partial charge < -0.3 is 14.3 Å². The Morgan fingerprint density at radius 1 is 1.19 bits per heavy atom. The summed E-state index contributed by atoms with van der Waals surface area (Å²) >= 11 is 0. The maximum absolute atomic E-state index is 12.7. The lowest BCUT2D eigenvalue weighted by Crippen LogP contribution is -2.16. The number of fused-ring (bicyclic) bond motifs is 1. The minimum atomic E-state index is -4.14. The third-order valence-corrected chi connectivity index (χ3v) is 5.49. The van der Waals surface area contributed by atoms with Gasteiger partial charge in [0.05, 0.1) is 17.8 Å². The Balaban J connectivity index is 2.05. The highest BCUT2D eigenvalue weighted by atomic mass is 32.2. The highest BCUT2D eigenvalue weighted by Crippen LogP contribution is 2.29. The number of nitro benzene ring substituents is 1. The van der Waals surface area contributed by atoms with Crippen molar-refractivity contribution in [2.75, 3.05) is 7.11 Å². The van der Waals surface area contributed by atoms with Crippen molar-refractivity contribution in [3.05, 3.63) is 68.6 Å². The summed E-state index contributed by atoms with van der Waals surface area (Å²) in [6, 6.07) is 8.81. The van der Waals surface area contributed by atoms with Crippen LogP contribution in [0.25, 0.3) is 11.0 Å². The van der Waals surface area contributed by atoms with Gasteiger partial charge in [-0.25, -0.2) is 13.2 Å². The van der Waals surface area contributed by atoms with Gasteiger partial charge in [0.1, 0.15) is 11.3 Å². The quantitative estimate of drug-likeness (QED) is 0.398. The summed E-state index contributed by atoms with van der Waals surface area (Å²) in [5, 5.41) is 20.8. The van der Waals surface area contributed by atoms with E-state index in [2.05, 4.69) is 0 Å². The van der Waals surface area contributed by atoms with Gasteiger partial charge in [-0.2, -0.15) is 0 Å². The third kappa shape index (κ3) is 3.60. The van der Waals surface area contributed by atoms with Gasteiger partial charge in [-0.05, 0) is 29.8 Å². The standard InChI is InChI=1S/C17H13NO8S/c1-25-14-5-2-10(6-13(14)18(21)22)9-27(23,24)16-7-11-3-4-12(19)8-15(11)26-17(16)20/h2-8,19H,9H2,1H3. The molecule has 0 spiro atoms. The second-order valence-corrected chi connectivity index (χ2v) is 7.60. The van der Waals surface area contributed by atoms with Crippen molar-refractivity contribution in [1.29, 1.82) is 0 Å². The summed E-state index contributed by atoms with van der Waals surface area (Å²) in [7, 11) is -2.88. The molecule has 0 unspecified atom stereocenters. The molecular weight excluding hydrogens is 378 g/mol. The summed E-state index contributed by atoms with van der Waals surface area (Å²) in [5.41, 5.74) is -1.31. The predicted octanol–water partition coefficient (Wildman–Crippen LogP) is 2.39. The molecule has 0 fully saturated rings. The first-order valence-corrected chi connectivity index (χ1v) is 9.17. The number of hydrogen-bond donors (Lipinski definition) is 1. The minimum absolute atomic E-state index is 0.00817. The van der Waals surface area contributed by atoms with Crippen LogP contribution in [0.3, 0.4) is 0 Å². The lowest BCUT2D eigenvalue weighted by Gasteiger charge is -2.07. The molecule has 0 aliphatic rings. The van der Waals surface area contributed by atoms with Crippen LogP contribution in [0.15, 0.2) is 56.6 Å². The van der Waals surface area contributed by atoms with Crippen molar-refractivity contribution in [3.63, 3.8) is 0 Å². The fourth-order valence-electron chi connectivity index (χ4n) is 2.56. The van der Waals surface area contributed by atoms with Crippen molar-refractivity contribution < 1.29 is 27.6 Å². The third-order valence-electron chi connectivity index (χ3n) is 3.82. The zero-order valence-corrected chi connectivity index (χ0v) is 14.7. The van der Waals surface area contributed by atoms with Gasteiger partial charge in [-0.3, -0.25) is 10.1 Å². The first kappa shape index (κ1) is 18.4. The zero-order valence-electron chi connectivity index (χ0n) is 13.9. The Labute approximate surface area is 152 Å². The molecule has 1 heterocycles. The fourth-order valence-corrected chi connectivity index (χ4v) is 3.94. The predicted molar refractivity (Wildman–Crippen MR) is 94.7 cm³/mol. The van der Waals surface area contributed by atoms with E-state index >= 15 is 0 Å². The number of phenols is 1. The van der Waals surface area contributed by atoms with Crippen molar-refractivity contribution in [1.82, 2.24) is 0 Å². The van der Waals surface area contributed by atoms with E-state index in [1.54, 1.807) is 0 Å². The Morgan fingerprint density at radius 2 is 1.93 bits per heavy atom. The summed E-state index contributed by atoms with van der Waals surface area (Å²) in [6.07, 6.45) is 0. The monoisotopic (exact) mass is 391 g/mol. The molecule has 3 rings (SSSR count). The highest BCUT2D eigenvalue weighted by molar-refractivity contribution is 7.90.